The summed E-state index contributed by atoms with van der Waals surface area (Å²) >= 11 is 0. The molecular formula is C20H22N6O2. The highest BCUT2D eigenvalue weighted by Crippen LogP contribution is 2.22. The lowest BCUT2D eigenvalue weighted by Crippen LogP contribution is -2.40. The third-order valence-corrected chi connectivity index (χ3v) is 5.69. The predicted octanol–water partition coefficient (Wildman–Crippen LogP) is 1.39. The Balaban J connectivity index is 1.47. The summed E-state index contributed by atoms with van der Waals surface area (Å²) in [7, 11) is 0. The second-order valence-electron chi connectivity index (χ2n) is 7.49. The molecule has 8 heteroatoms. The Morgan fingerprint density at radius 2 is 1.89 bits per heavy atom. The summed E-state index contributed by atoms with van der Waals surface area (Å²) in [5.41, 5.74) is 1.10. The number of hydrogen-bond donors (Lipinski definition) is 1. The Hall–Kier alpha value is -3.00. The van der Waals surface area contributed by atoms with Crippen LogP contribution in [0.4, 0.5) is 0 Å². The maximum absolute atomic E-state index is 13.0. The fourth-order valence-electron chi connectivity index (χ4n) is 4.27. The third kappa shape index (κ3) is 2.99. The number of H-pyrrole nitrogens is 1. The van der Waals surface area contributed by atoms with Gasteiger partial charge in [-0.2, -0.15) is 9.50 Å². The van der Waals surface area contributed by atoms with E-state index in [9.17, 15) is 9.59 Å². The molecule has 2 aliphatic heterocycles. The smallest absolute Gasteiger partial charge is 0.291 e. The van der Waals surface area contributed by atoms with E-state index >= 15 is 0 Å². The van der Waals surface area contributed by atoms with Gasteiger partial charge in [-0.05, 0) is 25.8 Å². The highest BCUT2D eigenvalue weighted by molar-refractivity contribution is 5.91. The molecule has 28 heavy (non-hydrogen) atoms. The highest BCUT2D eigenvalue weighted by Gasteiger charge is 2.31. The lowest BCUT2D eigenvalue weighted by Gasteiger charge is -2.24. The van der Waals surface area contributed by atoms with E-state index < -0.39 is 0 Å². The number of hydrogen-bond acceptors (Lipinski definition) is 5. The van der Waals surface area contributed by atoms with E-state index in [0.717, 1.165) is 31.5 Å². The number of benzene rings is 1. The van der Waals surface area contributed by atoms with Crippen molar-refractivity contribution in [3.63, 3.8) is 0 Å². The number of aromatic nitrogens is 4. The van der Waals surface area contributed by atoms with Gasteiger partial charge < -0.3 is 4.90 Å². The van der Waals surface area contributed by atoms with Gasteiger partial charge >= 0.3 is 0 Å². The zero-order valence-corrected chi connectivity index (χ0v) is 15.5. The molecule has 1 N–H and O–H groups in total. The van der Waals surface area contributed by atoms with Crippen LogP contribution in [0.3, 0.4) is 0 Å². The van der Waals surface area contributed by atoms with Crippen LogP contribution in [0, 0.1) is 0 Å². The number of carbonyl (C=O) groups is 1. The van der Waals surface area contributed by atoms with Crippen LogP contribution >= 0.6 is 0 Å². The Labute approximate surface area is 161 Å². The van der Waals surface area contributed by atoms with Gasteiger partial charge in [0, 0.05) is 37.3 Å². The summed E-state index contributed by atoms with van der Waals surface area (Å²) < 4.78 is 1.24. The van der Waals surface area contributed by atoms with Crippen molar-refractivity contribution in [2.45, 2.75) is 25.3 Å². The molecule has 0 spiro atoms. The van der Waals surface area contributed by atoms with Gasteiger partial charge in [-0.25, -0.2) is 4.98 Å². The van der Waals surface area contributed by atoms with E-state index in [1.165, 1.54) is 17.0 Å². The average molecular weight is 378 g/mol. The minimum absolute atomic E-state index is 0.167. The summed E-state index contributed by atoms with van der Waals surface area (Å²) in [6.07, 6.45) is 3.28. The number of carbonyl (C=O) groups excluding carboxylic acids is 1. The molecule has 0 radical (unpaired) electrons. The van der Waals surface area contributed by atoms with Gasteiger partial charge in [-0.15, -0.1) is 0 Å². The van der Waals surface area contributed by atoms with Gasteiger partial charge in [0.2, 0.25) is 5.82 Å². The van der Waals surface area contributed by atoms with Crippen molar-refractivity contribution in [1.29, 1.82) is 0 Å². The highest BCUT2D eigenvalue weighted by atomic mass is 16.2. The molecule has 5 rings (SSSR count). The van der Waals surface area contributed by atoms with Crippen molar-refractivity contribution in [2.24, 2.45) is 0 Å². The molecule has 2 fully saturated rings. The molecule has 2 aromatic heterocycles. The van der Waals surface area contributed by atoms with Crippen molar-refractivity contribution < 1.29 is 4.79 Å². The van der Waals surface area contributed by atoms with Crippen LogP contribution in [0.15, 0.2) is 41.2 Å². The zero-order valence-electron chi connectivity index (χ0n) is 15.5. The van der Waals surface area contributed by atoms with Crippen LogP contribution in [-0.4, -0.2) is 67.5 Å². The number of nitrogens with zero attached hydrogens (tertiary/aromatic N) is 5. The molecule has 1 amide bonds. The summed E-state index contributed by atoms with van der Waals surface area (Å²) in [6.45, 7) is 3.59. The molecule has 144 valence electrons. The molecule has 4 heterocycles. The van der Waals surface area contributed by atoms with Gasteiger partial charge in [0.1, 0.15) is 0 Å². The van der Waals surface area contributed by atoms with Gasteiger partial charge in [-0.3, -0.25) is 19.6 Å². The van der Waals surface area contributed by atoms with Crippen LogP contribution in [0.1, 0.15) is 29.9 Å². The topological polar surface area (TPSA) is 86.6 Å². The standard InChI is InChI=1S/C20H22N6O2/c27-17-12-16(14-6-2-1-3-7-14)21-20-22-18(23-26(17)20)19(28)25-11-5-10-24-9-4-8-15(24)13-25/h1-3,6-7,12,15H,4-5,8-11,13H2,(H,21,22,23). The van der Waals surface area contributed by atoms with Crippen molar-refractivity contribution in [3.8, 4) is 11.3 Å². The molecule has 3 aromatic rings. The van der Waals surface area contributed by atoms with Gasteiger partial charge in [-0.1, -0.05) is 30.3 Å². The van der Waals surface area contributed by atoms with Crippen LogP contribution in [-0.2, 0) is 0 Å². The maximum Gasteiger partial charge on any atom is 0.291 e. The Morgan fingerprint density at radius 1 is 1.07 bits per heavy atom. The molecule has 2 saturated heterocycles. The first kappa shape index (κ1) is 17.1. The lowest BCUT2D eigenvalue weighted by molar-refractivity contribution is 0.0731. The Bertz CT molecular complexity index is 1070. The molecule has 1 aromatic carbocycles. The van der Waals surface area contributed by atoms with Gasteiger partial charge in [0.05, 0.1) is 5.69 Å². The second-order valence-corrected chi connectivity index (χ2v) is 7.49. The Morgan fingerprint density at radius 3 is 2.75 bits per heavy atom. The summed E-state index contributed by atoms with van der Waals surface area (Å²) in [5.74, 6) is 0.216. The first-order valence-corrected chi connectivity index (χ1v) is 9.77. The second kappa shape index (κ2) is 6.87. The molecule has 0 saturated carbocycles. The summed E-state index contributed by atoms with van der Waals surface area (Å²) in [4.78, 5) is 38.7. The van der Waals surface area contributed by atoms with Gasteiger partial charge in [0.25, 0.3) is 17.2 Å². The molecule has 2 aliphatic rings. The van der Waals surface area contributed by atoms with Crippen molar-refractivity contribution >= 4 is 11.7 Å². The van der Waals surface area contributed by atoms with E-state index in [0.29, 0.717) is 24.8 Å². The maximum atomic E-state index is 13.0. The summed E-state index contributed by atoms with van der Waals surface area (Å²) in [6, 6.07) is 11.4. The normalized spacial score (nSPS) is 20.3. The van der Waals surface area contributed by atoms with Crippen LogP contribution in [0.25, 0.3) is 17.0 Å². The molecule has 1 unspecified atom stereocenters. The van der Waals surface area contributed by atoms with Gasteiger partial charge in [0.15, 0.2) is 0 Å². The first-order chi connectivity index (χ1) is 13.7. The van der Waals surface area contributed by atoms with E-state index in [1.807, 2.05) is 35.2 Å². The quantitative estimate of drug-likeness (QED) is 0.728. The minimum atomic E-state index is -0.284. The van der Waals surface area contributed by atoms with Crippen molar-refractivity contribution in [3.05, 3.63) is 52.6 Å². The van der Waals surface area contributed by atoms with E-state index in [1.54, 1.807) is 0 Å². The molecule has 0 aliphatic carbocycles. The number of aromatic amines is 1. The first-order valence-electron chi connectivity index (χ1n) is 9.77. The third-order valence-electron chi connectivity index (χ3n) is 5.69. The average Bonchev–Trinajstić information content (AvgIpc) is 3.30. The SMILES string of the molecule is O=C(c1nc2nc(-c3ccccc3)cc(=O)n2[nH]1)N1CCCN2CCCC2C1. The van der Waals surface area contributed by atoms with Crippen molar-refractivity contribution in [2.75, 3.05) is 26.2 Å². The molecule has 8 nitrogen and oxygen atoms in total. The number of nitrogens with one attached hydrogen (secondary N) is 1. The minimum Gasteiger partial charge on any atom is -0.334 e. The lowest BCUT2D eigenvalue weighted by atomic mass is 10.1. The van der Waals surface area contributed by atoms with E-state index in [-0.39, 0.29) is 23.1 Å². The fraction of sp³-hybridized carbons (Fsp3) is 0.400. The number of rotatable bonds is 2. The fourth-order valence-corrected chi connectivity index (χ4v) is 4.27. The van der Waals surface area contributed by atoms with Crippen LogP contribution < -0.4 is 5.56 Å². The molecule has 1 atom stereocenters. The van der Waals surface area contributed by atoms with Crippen LogP contribution in [0.5, 0.6) is 0 Å². The predicted molar refractivity (Wildman–Crippen MR) is 104 cm³/mol. The Kier molecular flexibility index (Phi) is 4.20. The summed E-state index contributed by atoms with van der Waals surface area (Å²) in [5, 5.41) is 2.85. The van der Waals surface area contributed by atoms with Crippen molar-refractivity contribution in [1.82, 2.24) is 29.4 Å². The van der Waals surface area contributed by atoms with Crippen LogP contribution in [0.2, 0.25) is 0 Å². The zero-order chi connectivity index (χ0) is 19.1. The molecule has 0 bridgehead atoms. The monoisotopic (exact) mass is 378 g/mol. The molecular weight excluding hydrogens is 356 g/mol. The number of amides is 1. The van der Waals surface area contributed by atoms with E-state index in [2.05, 4.69) is 20.0 Å². The number of fused-ring (bicyclic) bond motifs is 2. The largest absolute Gasteiger partial charge is 0.334 e. The van der Waals surface area contributed by atoms with E-state index in [4.69, 9.17) is 0 Å².